The minimum Gasteiger partial charge on any atom is -0.507 e. The summed E-state index contributed by atoms with van der Waals surface area (Å²) in [6, 6.07) is 23.1. The Kier molecular flexibility index (Phi) is 3.76. The third kappa shape index (κ3) is 2.50. The molecule has 136 valence electrons. The van der Waals surface area contributed by atoms with Crippen LogP contribution in [0.4, 0.5) is 0 Å². The second-order valence-electron chi connectivity index (χ2n) is 6.80. The second kappa shape index (κ2) is 6.43. The van der Waals surface area contributed by atoms with E-state index in [1.165, 1.54) is 0 Å². The summed E-state index contributed by atoms with van der Waals surface area (Å²) in [5.74, 6) is 0.819. The van der Waals surface area contributed by atoms with Crippen LogP contribution in [0.3, 0.4) is 0 Å². The Morgan fingerprint density at radius 3 is 2.50 bits per heavy atom. The van der Waals surface area contributed by atoms with E-state index in [4.69, 9.17) is 4.42 Å². The van der Waals surface area contributed by atoms with E-state index in [1.807, 2.05) is 48.5 Å². The lowest BCUT2D eigenvalue weighted by Gasteiger charge is -2.09. The fourth-order valence-corrected chi connectivity index (χ4v) is 3.89. The summed E-state index contributed by atoms with van der Waals surface area (Å²) < 4.78 is 7.66. The number of phenolic OH excluding ortho intramolecular Hbond substituents is 1. The quantitative estimate of drug-likeness (QED) is 0.419. The van der Waals surface area contributed by atoms with E-state index in [9.17, 15) is 9.90 Å². The number of carbonyl (C=O) groups excluding carboxylic acids is 1. The maximum atomic E-state index is 11.7. The van der Waals surface area contributed by atoms with Crippen LogP contribution in [-0.2, 0) is 6.54 Å². The van der Waals surface area contributed by atoms with Crippen molar-refractivity contribution in [2.75, 3.05) is 0 Å². The lowest BCUT2D eigenvalue weighted by atomic mass is 10.0. The van der Waals surface area contributed by atoms with Crippen LogP contribution >= 0.6 is 0 Å². The highest BCUT2D eigenvalue weighted by Crippen LogP contribution is 2.40. The van der Waals surface area contributed by atoms with Gasteiger partial charge in [0.25, 0.3) is 0 Å². The molecule has 4 heteroatoms. The maximum absolute atomic E-state index is 11.7. The van der Waals surface area contributed by atoms with E-state index in [-0.39, 0.29) is 5.75 Å². The van der Waals surface area contributed by atoms with Crippen molar-refractivity contribution in [2.24, 2.45) is 0 Å². The molecule has 5 rings (SSSR count). The molecule has 0 amide bonds. The Morgan fingerprint density at radius 2 is 1.75 bits per heavy atom. The number of benzene rings is 3. The number of fused-ring (bicyclic) bond motifs is 3. The van der Waals surface area contributed by atoms with Gasteiger partial charge in [-0.25, -0.2) is 0 Å². The summed E-state index contributed by atoms with van der Waals surface area (Å²) in [7, 11) is 0. The van der Waals surface area contributed by atoms with Crippen LogP contribution in [-0.4, -0.2) is 16.0 Å². The summed E-state index contributed by atoms with van der Waals surface area (Å²) in [5.41, 5.74) is 4.27. The van der Waals surface area contributed by atoms with E-state index in [0.717, 1.165) is 33.8 Å². The summed E-state index contributed by atoms with van der Waals surface area (Å²) in [5, 5.41) is 12.3. The summed E-state index contributed by atoms with van der Waals surface area (Å²) >= 11 is 0. The highest BCUT2D eigenvalue weighted by atomic mass is 16.3. The topological polar surface area (TPSA) is 55.4 Å². The standard InChI is InChI=1S/C24H17NO3/c26-15-17-8-4-9-19-23(17)24-20(25(19)14-16-6-2-1-3-7-16)12-18(13-21(24)27)22-10-5-11-28-22/h1-13,15,27H,14H2. The molecule has 0 aliphatic carbocycles. The zero-order valence-corrected chi connectivity index (χ0v) is 15.0. The Labute approximate surface area is 161 Å². The number of aromatic nitrogens is 1. The predicted molar refractivity (Wildman–Crippen MR) is 110 cm³/mol. The fourth-order valence-electron chi connectivity index (χ4n) is 3.89. The van der Waals surface area contributed by atoms with Crippen molar-refractivity contribution in [3.8, 4) is 17.1 Å². The van der Waals surface area contributed by atoms with Gasteiger partial charge in [0.2, 0.25) is 0 Å². The number of carbonyl (C=O) groups is 1. The molecule has 0 spiro atoms. The molecule has 0 unspecified atom stereocenters. The van der Waals surface area contributed by atoms with E-state index < -0.39 is 0 Å². The predicted octanol–water partition coefficient (Wildman–Crippen LogP) is 5.62. The van der Waals surface area contributed by atoms with E-state index in [0.29, 0.717) is 23.3 Å². The minimum atomic E-state index is 0.134. The van der Waals surface area contributed by atoms with Crippen LogP contribution in [0.25, 0.3) is 33.1 Å². The van der Waals surface area contributed by atoms with Gasteiger partial charge in [0, 0.05) is 23.1 Å². The van der Waals surface area contributed by atoms with Crippen molar-refractivity contribution in [1.29, 1.82) is 0 Å². The number of aromatic hydroxyl groups is 1. The Hall–Kier alpha value is -3.79. The molecule has 4 nitrogen and oxygen atoms in total. The van der Waals surface area contributed by atoms with Gasteiger partial charge >= 0.3 is 0 Å². The van der Waals surface area contributed by atoms with Crippen molar-refractivity contribution in [3.05, 3.63) is 90.2 Å². The molecule has 0 bridgehead atoms. The highest BCUT2D eigenvalue weighted by Gasteiger charge is 2.19. The highest BCUT2D eigenvalue weighted by molar-refractivity contribution is 6.17. The van der Waals surface area contributed by atoms with Gasteiger partial charge in [-0.2, -0.15) is 0 Å². The van der Waals surface area contributed by atoms with E-state index in [2.05, 4.69) is 16.7 Å². The van der Waals surface area contributed by atoms with Gasteiger partial charge in [-0.3, -0.25) is 4.79 Å². The van der Waals surface area contributed by atoms with Gasteiger partial charge < -0.3 is 14.1 Å². The molecule has 0 atom stereocenters. The van der Waals surface area contributed by atoms with Crippen molar-refractivity contribution in [3.63, 3.8) is 0 Å². The summed E-state index contributed by atoms with van der Waals surface area (Å²) in [6.07, 6.45) is 2.45. The monoisotopic (exact) mass is 367 g/mol. The van der Waals surface area contributed by atoms with Crippen LogP contribution in [0.1, 0.15) is 15.9 Å². The third-order valence-electron chi connectivity index (χ3n) is 5.12. The van der Waals surface area contributed by atoms with Gasteiger partial charge in [0.15, 0.2) is 6.29 Å². The normalized spacial score (nSPS) is 11.3. The van der Waals surface area contributed by atoms with Gasteiger partial charge in [0.05, 0.1) is 22.7 Å². The molecule has 0 saturated heterocycles. The van der Waals surface area contributed by atoms with Crippen LogP contribution in [0.2, 0.25) is 0 Å². The lowest BCUT2D eigenvalue weighted by Crippen LogP contribution is -1.99. The van der Waals surface area contributed by atoms with Crippen molar-refractivity contribution >= 4 is 28.1 Å². The first-order chi connectivity index (χ1) is 13.8. The molecule has 2 aromatic heterocycles. The first kappa shape index (κ1) is 16.4. The minimum absolute atomic E-state index is 0.134. The number of phenols is 1. The molecular weight excluding hydrogens is 350 g/mol. The number of nitrogens with zero attached hydrogens (tertiary/aromatic N) is 1. The van der Waals surface area contributed by atoms with E-state index in [1.54, 1.807) is 18.4 Å². The molecule has 0 aliphatic heterocycles. The molecule has 5 aromatic rings. The zero-order valence-electron chi connectivity index (χ0n) is 15.0. The summed E-state index contributed by atoms with van der Waals surface area (Å²) in [4.78, 5) is 11.7. The molecule has 3 aromatic carbocycles. The third-order valence-corrected chi connectivity index (χ3v) is 5.12. The van der Waals surface area contributed by atoms with Gasteiger partial charge in [-0.15, -0.1) is 0 Å². The lowest BCUT2D eigenvalue weighted by molar-refractivity contribution is 0.112. The average Bonchev–Trinajstić information content (AvgIpc) is 3.36. The van der Waals surface area contributed by atoms with Crippen molar-refractivity contribution in [2.45, 2.75) is 6.54 Å². The smallest absolute Gasteiger partial charge is 0.150 e. The average molecular weight is 367 g/mol. The number of rotatable bonds is 4. The summed E-state index contributed by atoms with van der Waals surface area (Å²) in [6.45, 7) is 0.629. The van der Waals surface area contributed by atoms with E-state index >= 15 is 0 Å². The van der Waals surface area contributed by atoms with Gasteiger partial charge in [0.1, 0.15) is 11.5 Å². The van der Waals surface area contributed by atoms with Crippen LogP contribution in [0.5, 0.6) is 5.75 Å². The largest absolute Gasteiger partial charge is 0.507 e. The molecule has 2 heterocycles. The Bertz CT molecular complexity index is 1300. The van der Waals surface area contributed by atoms with Gasteiger partial charge in [-0.05, 0) is 35.9 Å². The first-order valence-corrected chi connectivity index (χ1v) is 9.07. The number of hydrogen-bond donors (Lipinski definition) is 1. The SMILES string of the molecule is O=Cc1cccc2c1c1c(O)cc(-c3ccco3)cc1n2Cc1ccccc1. The van der Waals surface area contributed by atoms with Crippen LogP contribution < -0.4 is 0 Å². The second-order valence-corrected chi connectivity index (χ2v) is 6.80. The zero-order chi connectivity index (χ0) is 19.1. The van der Waals surface area contributed by atoms with Crippen molar-refractivity contribution in [1.82, 2.24) is 4.57 Å². The molecule has 1 N–H and O–H groups in total. The number of furan rings is 1. The van der Waals surface area contributed by atoms with Crippen LogP contribution in [0, 0.1) is 0 Å². The number of aldehydes is 1. The van der Waals surface area contributed by atoms with Crippen molar-refractivity contribution < 1.29 is 14.3 Å². The maximum Gasteiger partial charge on any atom is 0.150 e. The molecule has 0 fully saturated rings. The Balaban J connectivity index is 1.87. The Morgan fingerprint density at radius 1 is 0.893 bits per heavy atom. The molecule has 28 heavy (non-hydrogen) atoms. The molecule has 0 aliphatic rings. The molecule has 0 radical (unpaired) electrons. The van der Waals surface area contributed by atoms with Gasteiger partial charge in [-0.1, -0.05) is 42.5 Å². The molecular formula is C24H17NO3. The molecule has 0 saturated carbocycles. The first-order valence-electron chi connectivity index (χ1n) is 9.07. The number of hydrogen-bond acceptors (Lipinski definition) is 3. The fraction of sp³-hybridized carbons (Fsp3) is 0.0417. The van der Waals surface area contributed by atoms with Crippen LogP contribution in [0.15, 0.2) is 83.5 Å².